The molecule has 88 valence electrons. The van der Waals surface area contributed by atoms with E-state index in [0.29, 0.717) is 12.0 Å². The molecule has 1 fully saturated rings. The highest BCUT2D eigenvalue weighted by Crippen LogP contribution is 2.36. The fraction of sp³-hybridized carbons (Fsp3) is 0.571. The van der Waals surface area contributed by atoms with Crippen LogP contribution >= 0.6 is 0 Å². The van der Waals surface area contributed by atoms with Crippen LogP contribution in [0, 0.1) is 11.8 Å². The topological polar surface area (TPSA) is 38.0 Å². The molecule has 1 aliphatic carbocycles. The van der Waals surface area contributed by atoms with E-state index >= 15 is 0 Å². The summed E-state index contributed by atoms with van der Waals surface area (Å²) in [4.78, 5) is 0. The zero-order chi connectivity index (χ0) is 11.4. The van der Waals surface area contributed by atoms with Crippen molar-refractivity contribution in [2.45, 2.75) is 38.6 Å². The average Bonchev–Trinajstić information content (AvgIpc) is 2.31. The Kier molecular flexibility index (Phi) is 3.97. The number of hydrogen-bond acceptors (Lipinski definition) is 2. The fourth-order valence-corrected chi connectivity index (χ4v) is 2.95. The highest BCUT2D eigenvalue weighted by Gasteiger charge is 2.26. The Morgan fingerprint density at radius 3 is 2.62 bits per heavy atom. The first-order valence-electron chi connectivity index (χ1n) is 6.32. The van der Waals surface area contributed by atoms with E-state index in [2.05, 4.69) is 42.7 Å². The van der Waals surface area contributed by atoms with Crippen LogP contribution in [0.1, 0.15) is 44.2 Å². The maximum absolute atomic E-state index is 5.73. The van der Waals surface area contributed by atoms with Crippen molar-refractivity contribution in [2.24, 2.45) is 17.7 Å². The van der Waals surface area contributed by atoms with Crippen molar-refractivity contribution in [3.63, 3.8) is 0 Å². The van der Waals surface area contributed by atoms with Gasteiger partial charge in [-0.2, -0.15) is 0 Å². The monoisotopic (exact) mass is 218 g/mol. The predicted molar refractivity (Wildman–Crippen MR) is 67.6 cm³/mol. The summed E-state index contributed by atoms with van der Waals surface area (Å²) in [5.41, 5.74) is 4.33. The first-order chi connectivity index (χ1) is 7.81. The Bertz CT molecular complexity index is 310. The quantitative estimate of drug-likeness (QED) is 0.604. The molecule has 1 aromatic carbocycles. The Morgan fingerprint density at radius 2 is 2.00 bits per heavy atom. The molecule has 0 spiro atoms. The van der Waals surface area contributed by atoms with Gasteiger partial charge in [0.1, 0.15) is 0 Å². The van der Waals surface area contributed by atoms with Gasteiger partial charge >= 0.3 is 0 Å². The first kappa shape index (κ1) is 11.6. The summed E-state index contributed by atoms with van der Waals surface area (Å²) < 4.78 is 0. The van der Waals surface area contributed by atoms with Gasteiger partial charge in [-0.05, 0) is 30.2 Å². The summed E-state index contributed by atoms with van der Waals surface area (Å²) in [6, 6.07) is 10.9. The Labute approximate surface area is 98.2 Å². The van der Waals surface area contributed by atoms with E-state index in [0.717, 1.165) is 5.92 Å². The summed E-state index contributed by atoms with van der Waals surface area (Å²) in [5, 5.41) is 0. The van der Waals surface area contributed by atoms with E-state index in [1.165, 1.54) is 31.2 Å². The number of rotatable bonds is 3. The van der Waals surface area contributed by atoms with Crippen molar-refractivity contribution in [2.75, 3.05) is 0 Å². The summed E-state index contributed by atoms with van der Waals surface area (Å²) in [6.45, 7) is 2.35. The van der Waals surface area contributed by atoms with Gasteiger partial charge in [-0.3, -0.25) is 11.3 Å². The van der Waals surface area contributed by atoms with E-state index in [1.54, 1.807) is 0 Å². The lowest BCUT2D eigenvalue weighted by Gasteiger charge is -2.33. The predicted octanol–water partition coefficient (Wildman–Crippen LogP) is 3.02. The van der Waals surface area contributed by atoms with Gasteiger partial charge < -0.3 is 0 Å². The number of hydrogen-bond donors (Lipinski definition) is 2. The van der Waals surface area contributed by atoms with Crippen molar-refractivity contribution < 1.29 is 0 Å². The van der Waals surface area contributed by atoms with Gasteiger partial charge in [0.2, 0.25) is 0 Å². The maximum atomic E-state index is 5.73. The maximum Gasteiger partial charge on any atom is 0.0488 e. The summed E-state index contributed by atoms with van der Waals surface area (Å²) in [6.07, 6.45) is 5.32. The highest BCUT2D eigenvalue weighted by atomic mass is 15.2. The molecule has 0 heterocycles. The molecule has 16 heavy (non-hydrogen) atoms. The molecule has 3 unspecified atom stereocenters. The van der Waals surface area contributed by atoms with Crippen molar-refractivity contribution in [1.82, 2.24) is 5.43 Å². The lowest BCUT2D eigenvalue weighted by Crippen LogP contribution is -2.35. The molecule has 1 aliphatic rings. The molecule has 0 amide bonds. The lowest BCUT2D eigenvalue weighted by molar-refractivity contribution is 0.224. The van der Waals surface area contributed by atoms with Crippen LogP contribution in [-0.2, 0) is 0 Å². The van der Waals surface area contributed by atoms with Gasteiger partial charge in [0.15, 0.2) is 0 Å². The minimum absolute atomic E-state index is 0.323. The van der Waals surface area contributed by atoms with Gasteiger partial charge in [0.05, 0.1) is 0 Å². The second kappa shape index (κ2) is 5.46. The molecule has 2 rings (SSSR count). The molecule has 1 saturated carbocycles. The Hall–Kier alpha value is -0.860. The molecule has 3 atom stereocenters. The van der Waals surface area contributed by atoms with Crippen molar-refractivity contribution in [3.05, 3.63) is 35.9 Å². The van der Waals surface area contributed by atoms with Gasteiger partial charge in [-0.1, -0.05) is 50.1 Å². The molecule has 0 aromatic heterocycles. The largest absolute Gasteiger partial charge is 0.271 e. The molecule has 1 aromatic rings. The van der Waals surface area contributed by atoms with Gasteiger partial charge in [0.25, 0.3) is 0 Å². The fourth-order valence-electron chi connectivity index (χ4n) is 2.95. The van der Waals surface area contributed by atoms with Crippen LogP contribution in [0.15, 0.2) is 30.3 Å². The molecular weight excluding hydrogens is 196 g/mol. The SMILES string of the molecule is CC1CCCC(C(NN)c2ccccc2)C1. The Balaban J connectivity index is 2.10. The van der Waals surface area contributed by atoms with Crippen LogP contribution in [0.2, 0.25) is 0 Å². The Morgan fingerprint density at radius 1 is 1.25 bits per heavy atom. The smallest absolute Gasteiger partial charge is 0.0488 e. The van der Waals surface area contributed by atoms with Gasteiger partial charge in [-0.15, -0.1) is 0 Å². The average molecular weight is 218 g/mol. The van der Waals surface area contributed by atoms with Crippen LogP contribution in [-0.4, -0.2) is 0 Å². The van der Waals surface area contributed by atoms with Crippen LogP contribution in [0.3, 0.4) is 0 Å². The third kappa shape index (κ3) is 2.63. The van der Waals surface area contributed by atoms with E-state index in [4.69, 9.17) is 5.84 Å². The van der Waals surface area contributed by atoms with Crippen molar-refractivity contribution in [1.29, 1.82) is 0 Å². The molecular formula is C14H22N2. The summed E-state index contributed by atoms with van der Waals surface area (Å²) >= 11 is 0. The third-order valence-corrected chi connectivity index (χ3v) is 3.79. The zero-order valence-corrected chi connectivity index (χ0v) is 10.0. The van der Waals surface area contributed by atoms with Crippen molar-refractivity contribution in [3.8, 4) is 0 Å². The zero-order valence-electron chi connectivity index (χ0n) is 10.0. The van der Waals surface area contributed by atoms with Crippen molar-refractivity contribution >= 4 is 0 Å². The van der Waals surface area contributed by atoms with Crippen LogP contribution in [0.5, 0.6) is 0 Å². The van der Waals surface area contributed by atoms with E-state index in [-0.39, 0.29) is 0 Å². The van der Waals surface area contributed by atoms with E-state index in [1.807, 2.05) is 0 Å². The standard InChI is InChI=1S/C14H22N2/c1-11-6-5-9-13(10-11)14(16-15)12-7-3-2-4-8-12/h2-4,7-8,11,13-14,16H,5-6,9-10,15H2,1H3. The molecule has 0 bridgehead atoms. The van der Waals surface area contributed by atoms with E-state index < -0.39 is 0 Å². The summed E-state index contributed by atoms with van der Waals surface area (Å²) in [5.74, 6) is 7.27. The number of nitrogens with two attached hydrogens (primary N) is 1. The highest BCUT2D eigenvalue weighted by molar-refractivity contribution is 5.19. The second-order valence-electron chi connectivity index (χ2n) is 5.09. The summed E-state index contributed by atoms with van der Waals surface area (Å²) in [7, 11) is 0. The van der Waals surface area contributed by atoms with Crippen LogP contribution < -0.4 is 11.3 Å². The molecule has 0 radical (unpaired) electrons. The second-order valence-corrected chi connectivity index (χ2v) is 5.09. The molecule has 2 nitrogen and oxygen atoms in total. The molecule has 2 heteroatoms. The lowest BCUT2D eigenvalue weighted by atomic mass is 9.77. The number of benzene rings is 1. The van der Waals surface area contributed by atoms with Crippen LogP contribution in [0.4, 0.5) is 0 Å². The minimum atomic E-state index is 0.323. The molecule has 3 N–H and O–H groups in total. The minimum Gasteiger partial charge on any atom is -0.271 e. The van der Waals surface area contributed by atoms with Crippen LogP contribution in [0.25, 0.3) is 0 Å². The molecule has 0 saturated heterocycles. The number of hydrazine groups is 1. The van der Waals surface area contributed by atoms with Gasteiger partial charge in [0, 0.05) is 6.04 Å². The molecule has 0 aliphatic heterocycles. The third-order valence-electron chi connectivity index (χ3n) is 3.79. The normalized spacial score (nSPS) is 27.6. The number of nitrogens with one attached hydrogen (secondary N) is 1. The van der Waals surface area contributed by atoms with Gasteiger partial charge in [-0.25, -0.2) is 0 Å². The first-order valence-corrected chi connectivity index (χ1v) is 6.32. The van der Waals surface area contributed by atoms with E-state index in [9.17, 15) is 0 Å².